The molecule has 3 aromatic rings. The lowest BCUT2D eigenvalue weighted by atomic mass is 9.48. The molecule has 4 aliphatic carbocycles. The molecule has 0 spiro atoms. The van der Waals surface area contributed by atoms with E-state index in [2.05, 4.69) is 100 Å². The molecule has 4 fully saturated rings. The summed E-state index contributed by atoms with van der Waals surface area (Å²) in [6.45, 7) is -0.143. The van der Waals surface area contributed by atoms with Crippen molar-refractivity contribution >= 4 is 28.9 Å². The number of aliphatic hydroxyl groups is 1. The summed E-state index contributed by atoms with van der Waals surface area (Å²) < 4.78 is 34.9. The topological polar surface area (TPSA) is 88.1 Å². The average Bonchev–Trinajstić information content (AvgIpc) is 2.96. The number of ether oxygens (including phenoxy) is 1. The maximum Gasteiger partial charge on any atom is 0.415 e. The van der Waals surface area contributed by atoms with Gasteiger partial charge in [-0.1, -0.05) is 54.6 Å². The van der Waals surface area contributed by atoms with Gasteiger partial charge < -0.3 is 15.1 Å². The number of benzene rings is 3. The second-order valence-electron chi connectivity index (χ2n) is 11.2. The minimum atomic E-state index is -4.01. The van der Waals surface area contributed by atoms with Crippen LogP contribution in [0.5, 0.6) is 0 Å². The van der Waals surface area contributed by atoms with Gasteiger partial charge in [0.2, 0.25) is 0 Å². The largest absolute Gasteiger partial charge is 0.691 e. The molecule has 0 saturated heterocycles. The predicted molar refractivity (Wildman–Crippen MR) is 149 cm³/mol. The average molecular weight is 603 g/mol. The van der Waals surface area contributed by atoms with E-state index in [-0.39, 0.29) is 17.5 Å². The van der Waals surface area contributed by atoms with Gasteiger partial charge in [-0.05, 0) is 86.8 Å². The molecule has 2 atom stereocenters. The Morgan fingerprint density at radius 3 is 1.76 bits per heavy atom. The van der Waals surface area contributed by atoms with Gasteiger partial charge >= 0.3 is 11.2 Å². The van der Waals surface area contributed by atoms with E-state index in [9.17, 15) is 23.9 Å². The molecule has 218 valence electrons. The fourth-order valence-corrected chi connectivity index (χ4v) is 9.39. The molecule has 7 rings (SSSR count). The Morgan fingerprint density at radius 2 is 1.34 bits per heavy atom. The van der Waals surface area contributed by atoms with Crippen molar-refractivity contribution in [1.82, 2.24) is 0 Å². The van der Waals surface area contributed by atoms with E-state index in [0.29, 0.717) is 18.3 Å². The van der Waals surface area contributed by atoms with Crippen LogP contribution in [0.15, 0.2) is 106 Å². The Bertz CT molecular complexity index is 1170. The van der Waals surface area contributed by atoms with Gasteiger partial charge in [-0.3, -0.25) is 5.04 Å². The third-order valence-corrected chi connectivity index (χ3v) is 10.7. The lowest BCUT2D eigenvalue weighted by Gasteiger charge is -2.59. The molecule has 0 radical (unpaired) electrons. The molecule has 4 aliphatic rings. The van der Waals surface area contributed by atoms with Crippen molar-refractivity contribution in [2.24, 2.45) is 17.3 Å². The van der Waals surface area contributed by atoms with Crippen LogP contribution in [0, 0.1) is 17.3 Å². The zero-order valence-corrected chi connectivity index (χ0v) is 24.0. The van der Waals surface area contributed by atoms with E-state index in [4.69, 9.17) is 4.74 Å². The number of hydrogen-bond acceptors (Lipinski definition) is 7. The molecule has 0 heterocycles. The zero-order chi connectivity index (χ0) is 28.9. The molecule has 0 aliphatic heterocycles. The number of hydrogen-bond donors (Lipinski definition) is 1. The molecular weight excluding hydrogens is 570 g/mol. The van der Waals surface area contributed by atoms with Crippen molar-refractivity contribution in [3.63, 3.8) is 0 Å². The summed E-state index contributed by atoms with van der Waals surface area (Å²) in [4.78, 5) is 15.5. The number of carbonyl (C=O) groups is 1. The van der Waals surface area contributed by atoms with Gasteiger partial charge in [-0.15, -0.1) is 0 Å². The highest BCUT2D eigenvalue weighted by Gasteiger charge is 2.58. The smallest absolute Gasteiger partial charge is 0.415 e. The minimum Gasteiger partial charge on any atom is -0.691 e. The summed E-state index contributed by atoms with van der Waals surface area (Å²) >= 11 is -0.689. The molecule has 2 unspecified atom stereocenters. The van der Waals surface area contributed by atoms with Crippen LogP contribution in [-0.2, 0) is 29.8 Å². The molecule has 1 N–H and O–H groups in total. The molecule has 41 heavy (non-hydrogen) atoms. The molecule has 0 aromatic heterocycles. The van der Waals surface area contributed by atoms with Gasteiger partial charge in [0, 0.05) is 5.41 Å². The van der Waals surface area contributed by atoms with Gasteiger partial charge in [0.1, 0.15) is 12.0 Å². The first-order valence-electron chi connectivity index (χ1n) is 13.5. The summed E-state index contributed by atoms with van der Waals surface area (Å²) in [5.41, 5.74) is -1.15. The first kappa shape index (κ1) is 30.0. The van der Waals surface area contributed by atoms with E-state index >= 15 is 0 Å². The van der Waals surface area contributed by atoms with Crippen molar-refractivity contribution < 1.29 is 38.0 Å². The number of carbonyl (C=O) groups excluding carboxylic acids is 1. The Morgan fingerprint density at radius 1 is 0.878 bits per heavy atom. The van der Waals surface area contributed by atoms with Crippen LogP contribution in [0.2, 0.25) is 0 Å². The Labute approximate surface area is 245 Å². The number of esters is 1. The van der Waals surface area contributed by atoms with Crippen LogP contribution in [0.4, 0.5) is 8.78 Å². The quantitative estimate of drug-likeness (QED) is 0.104. The van der Waals surface area contributed by atoms with Crippen LogP contribution in [0.25, 0.3) is 0 Å². The van der Waals surface area contributed by atoms with E-state index < -0.39 is 34.3 Å². The van der Waals surface area contributed by atoms with Crippen LogP contribution in [0.1, 0.15) is 38.5 Å². The Balaban J connectivity index is 0.000000166. The summed E-state index contributed by atoms with van der Waals surface area (Å²) in [7, 11) is -0.0146. The first-order chi connectivity index (χ1) is 19.7. The first-order valence-corrected chi connectivity index (χ1v) is 15.5. The second-order valence-corrected chi connectivity index (χ2v) is 14.1. The van der Waals surface area contributed by atoms with Crippen molar-refractivity contribution in [3.05, 3.63) is 91.0 Å². The molecule has 6 nitrogen and oxygen atoms in total. The monoisotopic (exact) mass is 602 g/mol. The maximum absolute atomic E-state index is 13.3. The number of alkyl halides is 2. The predicted octanol–water partition coefficient (Wildman–Crippen LogP) is 6.11. The number of rotatable bonds is 9. The van der Waals surface area contributed by atoms with Crippen LogP contribution in [-0.4, -0.2) is 28.5 Å². The van der Waals surface area contributed by atoms with Gasteiger partial charge in [0.15, 0.2) is 14.7 Å². The van der Waals surface area contributed by atoms with Crippen molar-refractivity contribution in [2.45, 2.75) is 64.1 Å². The van der Waals surface area contributed by atoms with E-state index in [0.717, 1.165) is 32.1 Å². The van der Waals surface area contributed by atoms with Crippen LogP contribution < -0.4 is 5.26 Å². The fourth-order valence-electron chi connectivity index (χ4n) is 7.04. The van der Waals surface area contributed by atoms with Crippen molar-refractivity contribution in [2.75, 3.05) is 6.61 Å². The fraction of sp³-hybridized carbons (Fsp3) is 0.387. The van der Waals surface area contributed by atoms with Crippen LogP contribution in [0.3, 0.4) is 0 Å². The Hall–Kier alpha value is -2.47. The van der Waals surface area contributed by atoms with E-state index in [1.807, 2.05) is 0 Å². The molecule has 0 amide bonds. The molecule has 10 heteroatoms. The third-order valence-electron chi connectivity index (χ3n) is 8.00. The van der Waals surface area contributed by atoms with Crippen molar-refractivity contribution in [1.29, 1.82) is 0 Å². The normalized spacial score (nSPS) is 26.4. The van der Waals surface area contributed by atoms with Crippen LogP contribution >= 0.6 is 12.0 Å². The molecule has 3 aromatic carbocycles. The zero-order valence-electron chi connectivity index (χ0n) is 22.3. The Kier molecular flexibility index (Phi) is 9.37. The highest BCUT2D eigenvalue weighted by atomic mass is 32.2. The third kappa shape index (κ3) is 7.31. The minimum absolute atomic E-state index is 0.0146. The van der Waals surface area contributed by atoms with E-state index in [1.165, 1.54) is 14.7 Å². The van der Waals surface area contributed by atoms with Gasteiger partial charge in [0.25, 0.3) is 0 Å². The SMILES string of the molecule is O=C(OCC12CC3CC(CC(O)(C3)C1)C2)C(F)(F)SOO[O-].c1ccc([S+](c2ccccc2)c2ccccc2)cc1. The standard InChI is InChI=1S/C18H15S.C13H18F2O6S/c1-4-10-16(11-5-1)19(17-12-6-2-7-13-17)18-14-8-3-9-15-18;14-13(15,22-21-20-18)10(16)19-7-11-2-8-1-9(3-11)5-12(17,4-8)6-11/h1-15H;8-9,17-18H,1-7H2/q+1;/p-1. The molecule has 4 saturated carbocycles. The second kappa shape index (κ2) is 12.8. The highest BCUT2D eigenvalue weighted by molar-refractivity contribution is 7.97. The van der Waals surface area contributed by atoms with Gasteiger partial charge in [-0.25, -0.2) is 4.79 Å². The summed E-state index contributed by atoms with van der Waals surface area (Å²) in [5.74, 6) is -1.02. The van der Waals surface area contributed by atoms with Gasteiger partial charge in [0.05, 0.1) is 23.1 Å². The van der Waals surface area contributed by atoms with E-state index in [1.54, 1.807) is 0 Å². The highest BCUT2D eigenvalue weighted by Crippen LogP contribution is 2.61. The maximum atomic E-state index is 13.3. The summed E-state index contributed by atoms with van der Waals surface area (Å²) in [6, 6.07) is 32.2. The van der Waals surface area contributed by atoms with Crippen molar-refractivity contribution in [3.8, 4) is 0 Å². The number of halogens is 2. The summed E-state index contributed by atoms with van der Waals surface area (Å²) in [5, 5.41) is 18.9. The lowest BCUT2D eigenvalue weighted by Crippen LogP contribution is -2.57. The van der Waals surface area contributed by atoms with Gasteiger partial charge in [-0.2, -0.15) is 13.1 Å². The lowest BCUT2D eigenvalue weighted by molar-refractivity contribution is -0.777. The molecule has 4 bridgehead atoms. The molecular formula is C31H32F2O6S2. The summed E-state index contributed by atoms with van der Waals surface area (Å²) in [6.07, 6.45) is 4.62.